The first-order valence-corrected chi connectivity index (χ1v) is 9.61. The van der Waals surface area contributed by atoms with E-state index in [2.05, 4.69) is 10.1 Å². The van der Waals surface area contributed by atoms with Crippen molar-refractivity contribution in [3.8, 4) is 0 Å². The van der Waals surface area contributed by atoms with Gasteiger partial charge in [-0.1, -0.05) is 37.3 Å². The third kappa shape index (κ3) is 7.15. The highest BCUT2D eigenvalue weighted by atomic mass is 16.5. The first-order valence-electron chi connectivity index (χ1n) is 9.61. The van der Waals surface area contributed by atoms with E-state index in [0.717, 1.165) is 10.6 Å². The highest BCUT2D eigenvalue weighted by Gasteiger charge is 2.52. The topological polar surface area (TPSA) is 196 Å². The number of hydrogen-bond donors (Lipinski definition) is 5. The number of guanidine groups is 2. The van der Waals surface area contributed by atoms with Crippen molar-refractivity contribution in [2.75, 3.05) is 13.1 Å². The number of carbonyl (C=O) groups is 2. The van der Waals surface area contributed by atoms with Gasteiger partial charge in [0.25, 0.3) is 5.54 Å². The molecule has 30 heavy (non-hydrogen) atoms. The van der Waals surface area contributed by atoms with Crippen LogP contribution in [0.4, 0.5) is 0 Å². The molecule has 1 atom stereocenters. The van der Waals surface area contributed by atoms with E-state index < -0.39 is 17.5 Å². The fourth-order valence-electron chi connectivity index (χ4n) is 2.86. The number of carboxylic acids is 1. The van der Waals surface area contributed by atoms with E-state index in [1.54, 1.807) is 24.3 Å². The highest BCUT2D eigenvalue weighted by Crippen LogP contribution is 2.27. The van der Waals surface area contributed by atoms with E-state index in [-0.39, 0.29) is 31.5 Å². The summed E-state index contributed by atoms with van der Waals surface area (Å²) in [5.74, 6) is -2.76. The van der Waals surface area contributed by atoms with Gasteiger partial charge in [0.15, 0.2) is 5.96 Å². The van der Waals surface area contributed by atoms with Crippen LogP contribution in [0, 0.1) is 0 Å². The van der Waals surface area contributed by atoms with Crippen molar-refractivity contribution in [1.82, 2.24) is 5.01 Å². The zero-order valence-electron chi connectivity index (χ0n) is 17.2. The summed E-state index contributed by atoms with van der Waals surface area (Å²) in [6.07, 6.45) is 1.20. The molecule has 1 rings (SSSR count). The number of aliphatic imine (C=N–C) groups is 1. The molecule has 0 saturated carbocycles. The molecule has 11 nitrogen and oxygen atoms in total. The minimum atomic E-state index is -2.09. The second-order valence-corrected chi connectivity index (χ2v) is 6.64. The predicted octanol–water partition coefficient (Wildman–Crippen LogP) is -0.103. The lowest BCUT2D eigenvalue weighted by Gasteiger charge is -2.36. The Balaban J connectivity index is 3.16. The maximum atomic E-state index is 13.1. The molecule has 0 bridgehead atoms. The summed E-state index contributed by atoms with van der Waals surface area (Å²) in [5, 5.41) is 15.1. The second-order valence-electron chi connectivity index (χ2n) is 6.64. The maximum absolute atomic E-state index is 13.1. The number of unbranched alkanes of at least 4 members (excludes halogenated alkanes) is 1. The van der Waals surface area contributed by atoms with Crippen LogP contribution in [0.15, 0.2) is 40.4 Å². The van der Waals surface area contributed by atoms with Gasteiger partial charge in [0.2, 0.25) is 5.96 Å². The van der Waals surface area contributed by atoms with Crippen molar-refractivity contribution < 1.29 is 19.4 Å². The fraction of sp³-hybridized carbons (Fsp3) is 0.474. The summed E-state index contributed by atoms with van der Waals surface area (Å²) in [6, 6.07) is 8.95. The van der Waals surface area contributed by atoms with Gasteiger partial charge in [0.1, 0.15) is 6.61 Å². The number of benzene rings is 1. The van der Waals surface area contributed by atoms with Crippen molar-refractivity contribution >= 4 is 23.9 Å². The van der Waals surface area contributed by atoms with Crippen molar-refractivity contribution in [2.45, 2.75) is 44.8 Å². The lowest BCUT2D eigenvalue weighted by atomic mass is 9.91. The van der Waals surface area contributed by atoms with E-state index in [1.165, 1.54) is 0 Å². The monoisotopic (exact) mass is 421 g/mol. The summed E-state index contributed by atoms with van der Waals surface area (Å²) < 4.78 is 5.38. The van der Waals surface area contributed by atoms with Crippen LogP contribution in [-0.4, -0.2) is 52.6 Å². The third-order valence-electron chi connectivity index (χ3n) is 4.26. The van der Waals surface area contributed by atoms with E-state index in [1.807, 2.05) is 13.0 Å². The summed E-state index contributed by atoms with van der Waals surface area (Å²) in [7, 11) is 0. The molecule has 1 aromatic carbocycles. The highest BCUT2D eigenvalue weighted by molar-refractivity contribution is 6.04. The Morgan fingerprint density at radius 1 is 1.10 bits per heavy atom. The number of hydrogen-bond acceptors (Lipinski definition) is 6. The van der Waals surface area contributed by atoms with Gasteiger partial charge < -0.3 is 32.8 Å². The van der Waals surface area contributed by atoms with Crippen molar-refractivity contribution in [3.63, 3.8) is 0 Å². The van der Waals surface area contributed by atoms with Crippen LogP contribution < -0.4 is 22.9 Å². The molecule has 0 aromatic heterocycles. The number of rotatable bonds is 13. The number of esters is 1. The third-order valence-corrected chi connectivity index (χ3v) is 4.26. The minimum Gasteiger partial charge on any atom is -0.479 e. The van der Waals surface area contributed by atoms with Crippen LogP contribution in [0.3, 0.4) is 0 Å². The lowest BCUT2D eigenvalue weighted by Crippen LogP contribution is -2.60. The van der Waals surface area contributed by atoms with Gasteiger partial charge >= 0.3 is 11.9 Å². The predicted molar refractivity (Wildman–Crippen MR) is 114 cm³/mol. The Morgan fingerprint density at radius 2 is 1.77 bits per heavy atom. The number of carbonyl (C=O) groups excluding carboxylic acids is 1. The number of ether oxygens (including phenoxy) is 1. The van der Waals surface area contributed by atoms with Crippen molar-refractivity contribution in [1.29, 1.82) is 0 Å². The molecule has 0 amide bonds. The quantitative estimate of drug-likeness (QED) is 0.0721. The molecule has 9 N–H and O–H groups in total. The SMILES string of the molecule is CCCN(N=C(N)N)[C@](CCCCN=C(N)N)(C(=O)O)C(=O)OCc1ccccc1. The standard InChI is InChI=1S/C19H31N7O4/c1-2-12-26(25-18(22)23)19(15(27)28,10-6-7-11-24-17(20)21)16(29)30-13-14-8-4-3-5-9-14/h3-5,8-9H,2,6-7,10-13H2,1H3,(H,27,28)(H4,20,21,24)(H4,22,23,25)/t19-/m1/s1. The average molecular weight is 422 g/mol. The summed E-state index contributed by atoms with van der Waals surface area (Å²) in [5.41, 5.74) is 20.2. The van der Waals surface area contributed by atoms with Gasteiger partial charge in [-0.25, -0.2) is 9.59 Å². The Morgan fingerprint density at radius 3 is 2.30 bits per heavy atom. The molecular formula is C19H31N7O4. The van der Waals surface area contributed by atoms with Crippen LogP contribution >= 0.6 is 0 Å². The van der Waals surface area contributed by atoms with Crippen LogP contribution in [0.5, 0.6) is 0 Å². The molecule has 0 heterocycles. The van der Waals surface area contributed by atoms with Crippen LogP contribution in [0.1, 0.15) is 38.2 Å². The van der Waals surface area contributed by atoms with E-state index in [0.29, 0.717) is 25.8 Å². The van der Waals surface area contributed by atoms with Crippen molar-refractivity contribution in [3.05, 3.63) is 35.9 Å². The average Bonchev–Trinajstić information content (AvgIpc) is 2.68. The van der Waals surface area contributed by atoms with Gasteiger partial charge in [0, 0.05) is 13.1 Å². The molecule has 0 spiro atoms. The Hall–Kier alpha value is -3.50. The zero-order valence-corrected chi connectivity index (χ0v) is 17.2. The normalized spacial score (nSPS) is 12.3. The number of nitrogens with zero attached hydrogens (tertiary/aromatic N) is 3. The summed E-state index contributed by atoms with van der Waals surface area (Å²) in [6.45, 7) is 2.17. The van der Waals surface area contributed by atoms with Gasteiger partial charge in [-0.3, -0.25) is 10.0 Å². The number of carboxylic acid groups (broad SMARTS) is 1. The van der Waals surface area contributed by atoms with Gasteiger partial charge in [-0.2, -0.15) is 0 Å². The minimum absolute atomic E-state index is 0.0603. The zero-order chi connectivity index (χ0) is 22.6. The molecule has 0 aliphatic carbocycles. The summed E-state index contributed by atoms with van der Waals surface area (Å²) in [4.78, 5) is 29.3. The number of aliphatic carboxylic acids is 1. The lowest BCUT2D eigenvalue weighted by molar-refractivity contribution is -0.174. The number of hydrazone groups is 1. The maximum Gasteiger partial charge on any atom is 0.345 e. The molecule has 1 aromatic rings. The molecule has 0 unspecified atom stereocenters. The van der Waals surface area contributed by atoms with Crippen LogP contribution in [0.2, 0.25) is 0 Å². The molecule has 0 fully saturated rings. The van der Waals surface area contributed by atoms with Gasteiger partial charge in [0.05, 0.1) is 0 Å². The largest absolute Gasteiger partial charge is 0.479 e. The van der Waals surface area contributed by atoms with E-state index >= 15 is 0 Å². The first kappa shape index (κ1) is 24.5. The van der Waals surface area contributed by atoms with Gasteiger partial charge in [-0.05, 0) is 31.2 Å². The van der Waals surface area contributed by atoms with Crippen molar-refractivity contribution in [2.24, 2.45) is 33.0 Å². The summed E-state index contributed by atoms with van der Waals surface area (Å²) >= 11 is 0. The first-order chi connectivity index (χ1) is 14.2. The molecule has 0 saturated heterocycles. The molecule has 166 valence electrons. The molecular weight excluding hydrogens is 390 g/mol. The molecule has 0 aliphatic rings. The Labute approximate surface area is 175 Å². The Kier molecular flexibility index (Phi) is 9.93. The van der Waals surface area contributed by atoms with Crippen LogP contribution in [-0.2, 0) is 20.9 Å². The smallest absolute Gasteiger partial charge is 0.345 e. The second kappa shape index (κ2) is 12.1. The number of nitrogens with two attached hydrogens (primary N) is 4. The van der Waals surface area contributed by atoms with E-state index in [9.17, 15) is 14.7 Å². The molecule has 11 heteroatoms. The molecule has 0 aliphatic heterocycles. The van der Waals surface area contributed by atoms with Crippen LogP contribution in [0.25, 0.3) is 0 Å². The van der Waals surface area contributed by atoms with Gasteiger partial charge in [-0.15, -0.1) is 5.10 Å². The fourth-order valence-corrected chi connectivity index (χ4v) is 2.86. The Bertz CT molecular complexity index is 747. The molecule has 0 radical (unpaired) electrons. The van der Waals surface area contributed by atoms with E-state index in [4.69, 9.17) is 27.7 Å².